The van der Waals surface area contributed by atoms with Crippen LogP contribution in [0.2, 0.25) is 0 Å². The summed E-state index contributed by atoms with van der Waals surface area (Å²) in [6, 6.07) is 0.378. The molecular formula is C22H30N4O2S2. The van der Waals surface area contributed by atoms with E-state index in [9.17, 15) is 9.59 Å². The van der Waals surface area contributed by atoms with Crippen LogP contribution in [0.25, 0.3) is 10.2 Å². The minimum absolute atomic E-state index is 0.00783. The third kappa shape index (κ3) is 4.18. The molecule has 5 rings (SSSR count). The number of amides is 1. The number of nitrogens with zero attached hydrogens (tertiary/aromatic N) is 3. The van der Waals surface area contributed by atoms with Crippen molar-refractivity contribution in [2.75, 3.05) is 31.9 Å². The molecule has 3 aliphatic rings. The molecule has 8 heteroatoms. The molecule has 1 unspecified atom stereocenters. The van der Waals surface area contributed by atoms with Crippen molar-refractivity contribution in [1.29, 1.82) is 0 Å². The number of likely N-dealkylation sites (tertiary alicyclic amines) is 2. The van der Waals surface area contributed by atoms with E-state index in [0.717, 1.165) is 55.4 Å². The molecule has 1 N–H and O–H groups in total. The fourth-order valence-electron chi connectivity index (χ4n) is 5.21. The highest BCUT2D eigenvalue weighted by molar-refractivity contribution is 7.99. The van der Waals surface area contributed by atoms with Crippen molar-refractivity contribution in [3.05, 3.63) is 26.6 Å². The average Bonchev–Trinajstić information content (AvgIpc) is 3.47. The van der Waals surface area contributed by atoms with Gasteiger partial charge in [0.05, 0.1) is 16.9 Å². The number of thiophene rings is 1. The summed E-state index contributed by atoms with van der Waals surface area (Å²) in [5.74, 6) is 1.96. The summed E-state index contributed by atoms with van der Waals surface area (Å²) in [5.41, 5.74) is 1.22. The number of carbonyl (C=O) groups excluding carboxylic acids is 1. The van der Waals surface area contributed by atoms with E-state index in [2.05, 4.69) is 14.8 Å². The number of fused-ring (bicyclic) bond motifs is 3. The second-order valence-corrected chi connectivity index (χ2v) is 10.9. The Morgan fingerprint density at radius 1 is 1.13 bits per heavy atom. The fourth-order valence-corrected chi connectivity index (χ4v) is 7.27. The zero-order valence-electron chi connectivity index (χ0n) is 17.5. The van der Waals surface area contributed by atoms with Crippen LogP contribution in [0.1, 0.15) is 54.8 Å². The molecule has 1 aliphatic carbocycles. The predicted octanol–water partition coefficient (Wildman–Crippen LogP) is 3.18. The summed E-state index contributed by atoms with van der Waals surface area (Å²) in [6.45, 7) is 4.28. The summed E-state index contributed by atoms with van der Waals surface area (Å²) >= 11 is 3.25. The highest BCUT2D eigenvalue weighted by Gasteiger charge is 2.30. The molecule has 1 amide bonds. The Morgan fingerprint density at radius 3 is 2.83 bits per heavy atom. The van der Waals surface area contributed by atoms with E-state index >= 15 is 0 Å². The summed E-state index contributed by atoms with van der Waals surface area (Å²) in [6.07, 6.45) is 9.26. The van der Waals surface area contributed by atoms with Gasteiger partial charge >= 0.3 is 0 Å². The maximum absolute atomic E-state index is 12.8. The van der Waals surface area contributed by atoms with Gasteiger partial charge in [0.2, 0.25) is 5.91 Å². The molecule has 2 aromatic rings. The first-order chi connectivity index (χ1) is 14.7. The number of nitrogens with one attached hydrogen (secondary N) is 1. The van der Waals surface area contributed by atoms with Crippen LogP contribution >= 0.6 is 23.1 Å². The summed E-state index contributed by atoms with van der Waals surface area (Å²) < 4.78 is 0. The van der Waals surface area contributed by atoms with Crippen LogP contribution in [0.4, 0.5) is 0 Å². The molecule has 0 radical (unpaired) electrons. The average molecular weight is 447 g/mol. The summed E-state index contributed by atoms with van der Waals surface area (Å²) in [5, 5.41) is 0.807. The Labute approximate surface area is 185 Å². The van der Waals surface area contributed by atoms with Crippen LogP contribution in [0, 0.1) is 0 Å². The lowest BCUT2D eigenvalue weighted by Crippen LogP contribution is -2.43. The number of thioether (sulfide) groups is 1. The van der Waals surface area contributed by atoms with E-state index in [1.807, 2.05) is 0 Å². The van der Waals surface area contributed by atoms with Gasteiger partial charge in [-0.25, -0.2) is 4.98 Å². The zero-order chi connectivity index (χ0) is 20.5. The fraction of sp³-hybridized carbons (Fsp3) is 0.682. The topological polar surface area (TPSA) is 69.3 Å². The van der Waals surface area contributed by atoms with Crippen molar-refractivity contribution in [3.63, 3.8) is 0 Å². The van der Waals surface area contributed by atoms with Gasteiger partial charge in [0, 0.05) is 24.0 Å². The number of aromatic amines is 1. The quantitative estimate of drug-likeness (QED) is 0.738. The molecule has 0 bridgehead atoms. The highest BCUT2D eigenvalue weighted by Crippen LogP contribution is 2.33. The van der Waals surface area contributed by atoms with Crippen molar-refractivity contribution >= 4 is 39.2 Å². The standard InChI is InChI=1S/C22H30N4O2S2/c27-19(26-11-5-6-15(26)12-25-9-3-4-10-25)14-29-13-18-23-21(28)20-16-7-1-2-8-17(16)30-22(20)24-18/h15H,1-14H2,(H,23,24,28). The van der Waals surface area contributed by atoms with Gasteiger partial charge in [-0.15, -0.1) is 23.1 Å². The molecule has 30 heavy (non-hydrogen) atoms. The molecule has 0 aromatic carbocycles. The third-order valence-corrected chi connectivity index (χ3v) is 8.82. The molecule has 2 saturated heterocycles. The van der Waals surface area contributed by atoms with Crippen molar-refractivity contribution in [3.8, 4) is 0 Å². The number of aromatic nitrogens is 2. The van der Waals surface area contributed by atoms with E-state index in [-0.39, 0.29) is 11.5 Å². The lowest BCUT2D eigenvalue weighted by atomic mass is 9.97. The molecular weight excluding hydrogens is 416 g/mol. The largest absolute Gasteiger partial charge is 0.338 e. The summed E-state index contributed by atoms with van der Waals surface area (Å²) in [4.78, 5) is 40.0. The highest BCUT2D eigenvalue weighted by atomic mass is 32.2. The molecule has 1 atom stereocenters. The van der Waals surface area contributed by atoms with E-state index in [0.29, 0.717) is 23.4 Å². The van der Waals surface area contributed by atoms with E-state index in [4.69, 9.17) is 4.98 Å². The van der Waals surface area contributed by atoms with Gasteiger partial charge < -0.3 is 14.8 Å². The Bertz CT molecular complexity index is 979. The lowest BCUT2D eigenvalue weighted by molar-refractivity contribution is -0.129. The van der Waals surface area contributed by atoms with Crippen molar-refractivity contribution < 1.29 is 4.79 Å². The molecule has 0 saturated carbocycles. The minimum Gasteiger partial charge on any atom is -0.338 e. The smallest absolute Gasteiger partial charge is 0.259 e. The normalized spacial score (nSPS) is 22.1. The number of hydrogen-bond donors (Lipinski definition) is 1. The zero-order valence-corrected chi connectivity index (χ0v) is 19.1. The van der Waals surface area contributed by atoms with Crippen LogP contribution in [0.3, 0.4) is 0 Å². The molecule has 2 fully saturated rings. The molecule has 4 heterocycles. The number of carbonyl (C=O) groups is 1. The second-order valence-electron chi connectivity index (χ2n) is 8.79. The summed E-state index contributed by atoms with van der Waals surface area (Å²) in [7, 11) is 0. The Hall–Kier alpha value is -1.38. The first-order valence-electron chi connectivity index (χ1n) is 11.3. The SMILES string of the molecule is O=C(CSCc1nc2sc3c(c2c(=O)[nH]1)CCCC3)N1CCCC1CN1CCCC1. The Morgan fingerprint density at radius 2 is 1.97 bits per heavy atom. The second kappa shape index (κ2) is 9.01. The first kappa shape index (κ1) is 20.5. The number of H-pyrrole nitrogens is 1. The number of hydrogen-bond acceptors (Lipinski definition) is 6. The van der Waals surface area contributed by atoms with Crippen LogP contribution < -0.4 is 5.56 Å². The van der Waals surface area contributed by atoms with Gasteiger partial charge in [0.25, 0.3) is 5.56 Å². The van der Waals surface area contributed by atoms with Crippen LogP contribution in [-0.2, 0) is 23.4 Å². The van der Waals surface area contributed by atoms with Crippen molar-refractivity contribution in [1.82, 2.24) is 19.8 Å². The Balaban J connectivity index is 1.19. The number of rotatable bonds is 6. The van der Waals surface area contributed by atoms with E-state index in [1.165, 1.54) is 42.8 Å². The molecule has 2 aromatic heterocycles. The minimum atomic E-state index is -0.00783. The van der Waals surface area contributed by atoms with Gasteiger partial charge in [-0.3, -0.25) is 9.59 Å². The number of aryl methyl sites for hydroxylation is 2. The van der Waals surface area contributed by atoms with Crippen LogP contribution in [0.15, 0.2) is 4.79 Å². The molecule has 162 valence electrons. The van der Waals surface area contributed by atoms with Gasteiger partial charge in [0.1, 0.15) is 10.7 Å². The van der Waals surface area contributed by atoms with Crippen molar-refractivity contribution in [2.24, 2.45) is 0 Å². The predicted molar refractivity (Wildman–Crippen MR) is 123 cm³/mol. The Kier molecular flexibility index (Phi) is 6.16. The first-order valence-corrected chi connectivity index (χ1v) is 13.3. The van der Waals surface area contributed by atoms with Crippen molar-refractivity contribution in [2.45, 2.75) is 63.2 Å². The van der Waals surface area contributed by atoms with Gasteiger partial charge in [0.15, 0.2) is 0 Å². The van der Waals surface area contributed by atoms with E-state index in [1.54, 1.807) is 23.1 Å². The van der Waals surface area contributed by atoms with Gasteiger partial charge in [-0.05, 0) is 70.0 Å². The molecule has 2 aliphatic heterocycles. The molecule has 6 nitrogen and oxygen atoms in total. The van der Waals surface area contributed by atoms with Crippen LogP contribution in [-0.4, -0.2) is 63.6 Å². The lowest BCUT2D eigenvalue weighted by Gasteiger charge is -2.28. The van der Waals surface area contributed by atoms with E-state index < -0.39 is 0 Å². The monoisotopic (exact) mass is 446 g/mol. The van der Waals surface area contributed by atoms with Gasteiger partial charge in [-0.1, -0.05) is 0 Å². The molecule has 0 spiro atoms. The van der Waals surface area contributed by atoms with Crippen LogP contribution in [0.5, 0.6) is 0 Å². The maximum atomic E-state index is 12.8. The third-order valence-electron chi connectivity index (χ3n) is 6.70. The van der Waals surface area contributed by atoms with Gasteiger partial charge in [-0.2, -0.15) is 0 Å². The maximum Gasteiger partial charge on any atom is 0.259 e.